The molecule has 1 unspecified atom stereocenters. The second-order valence-electron chi connectivity index (χ2n) is 3.55. The van der Waals surface area contributed by atoms with E-state index in [1.165, 1.54) is 0 Å². The number of carbonyl (C=O) groups is 2. The largest absolute Gasteiger partial charge is 0.393 e. The Hall–Kier alpha value is -1.10. The first-order chi connectivity index (χ1) is 6.59. The first-order valence-electron chi connectivity index (χ1n) is 4.82. The average molecular weight is 200 g/mol. The molecule has 1 aliphatic heterocycles. The minimum absolute atomic E-state index is 0.0696. The van der Waals surface area contributed by atoms with Crippen molar-refractivity contribution in [1.29, 1.82) is 0 Å². The van der Waals surface area contributed by atoms with Crippen LogP contribution in [0.2, 0.25) is 0 Å². The van der Waals surface area contributed by atoms with Gasteiger partial charge in [-0.3, -0.25) is 9.59 Å². The highest BCUT2D eigenvalue weighted by molar-refractivity contribution is 5.97. The number of nitrogens with zero attached hydrogens (tertiary/aromatic N) is 1. The lowest BCUT2D eigenvalue weighted by atomic mass is 10.2. The normalized spacial score (nSPS) is 20.3. The molecule has 1 saturated heterocycles. The second kappa shape index (κ2) is 4.95. The van der Waals surface area contributed by atoms with Gasteiger partial charge < -0.3 is 15.3 Å². The van der Waals surface area contributed by atoms with Crippen molar-refractivity contribution in [1.82, 2.24) is 10.2 Å². The Labute approximate surface area is 83.1 Å². The molecule has 2 amide bonds. The first-order valence-corrected chi connectivity index (χ1v) is 4.82. The molecule has 0 spiro atoms. The van der Waals surface area contributed by atoms with Crippen LogP contribution < -0.4 is 5.32 Å². The maximum Gasteiger partial charge on any atom is 0.232 e. The summed E-state index contributed by atoms with van der Waals surface area (Å²) in [6.45, 7) is 3.25. The molecule has 1 fully saturated rings. The molecule has 0 aliphatic carbocycles. The maximum atomic E-state index is 11.4. The number of hydrogen-bond donors (Lipinski definition) is 2. The Morgan fingerprint density at radius 3 is 2.93 bits per heavy atom. The van der Waals surface area contributed by atoms with E-state index < -0.39 is 6.10 Å². The lowest BCUT2D eigenvalue weighted by Gasteiger charge is -2.20. The molecular formula is C9H16N2O3. The molecule has 0 aromatic heterocycles. The lowest BCUT2D eigenvalue weighted by Crippen LogP contribution is -2.34. The van der Waals surface area contributed by atoms with Gasteiger partial charge in [0, 0.05) is 19.6 Å². The predicted molar refractivity (Wildman–Crippen MR) is 50.5 cm³/mol. The number of aliphatic hydroxyl groups is 1. The highest BCUT2D eigenvalue weighted by Gasteiger charge is 2.20. The third kappa shape index (κ3) is 3.33. The smallest absolute Gasteiger partial charge is 0.232 e. The first kappa shape index (κ1) is 11.0. The van der Waals surface area contributed by atoms with Gasteiger partial charge >= 0.3 is 0 Å². The van der Waals surface area contributed by atoms with E-state index in [1.807, 2.05) is 0 Å². The van der Waals surface area contributed by atoms with Gasteiger partial charge in [-0.15, -0.1) is 0 Å². The molecule has 5 heteroatoms. The molecule has 0 aromatic carbocycles. The van der Waals surface area contributed by atoms with Gasteiger partial charge in [-0.05, 0) is 13.3 Å². The van der Waals surface area contributed by atoms with Gasteiger partial charge in [-0.1, -0.05) is 0 Å². The summed E-state index contributed by atoms with van der Waals surface area (Å²) in [6, 6.07) is 0. The van der Waals surface area contributed by atoms with Crippen LogP contribution in [0.1, 0.15) is 19.8 Å². The van der Waals surface area contributed by atoms with Gasteiger partial charge in [0.25, 0.3) is 0 Å². The third-order valence-electron chi connectivity index (χ3n) is 2.19. The van der Waals surface area contributed by atoms with Crippen LogP contribution in [0.15, 0.2) is 0 Å². The van der Waals surface area contributed by atoms with E-state index in [0.717, 1.165) is 0 Å². The van der Waals surface area contributed by atoms with Crippen molar-refractivity contribution in [3.05, 3.63) is 0 Å². The van der Waals surface area contributed by atoms with Crippen molar-refractivity contribution in [2.24, 2.45) is 0 Å². The van der Waals surface area contributed by atoms with E-state index in [1.54, 1.807) is 11.8 Å². The monoisotopic (exact) mass is 200 g/mol. The summed E-state index contributed by atoms with van der Waals surface area (Å²) in [5, 5.41) is 11.7. The zero-order valence-corrected chi connectivity index (χ0v) is 8.32. The summed E-state index contributed by atoms with van der Waals surface area (Å²) >= 11 is 0. The Balaban J connectivity index is 2.42. The van der Waals surface area contributed by atoms with Crippen LogP contribution in [0.25, 0.3) is 0 Å². The molecule has 1 atom stereocenters. The van der Waals surface area contributed by atoms with Crippen LogP contribution >= 0.6 is 0 Å². The molecule has 1 aliphatic rings. The van der Waals surface area contributed by atoms with Crippen molar-refractivity contribution in [3.8, 4) is 0 Å². The van der Waals surface area contributed by atoms with Gasteiger partial charge in [0.15, 0.2) is 0 Å². The Kier molecular flexibility index (Phi) is 3.88. The van der Waals surface area contributed by atoms with Crippen molar-refractivity contribution in [3.63, 3.8) is 0 Å². The van der Waals surface area contributed by atoms with E-state index in [9.17, 15) is 9.59 Å². The summed E-state index contributed by atoms with van der Waals surface area (Å²) in [5.74, 6) is -0.366. The summed E-state index contributed by atoms with van der Waals surface area (Å²) < 4.78 is 0. The minimum Gasteiger partial charge on any atom is -0.393 e. The van der Waals surface area contributed by atoms with E-state index in [4.69, 9.17) is 5.11 Å². The Morgan fingerprint density at radius 2 is 2.29 bits per heavy atom. The molecular weight excluding hydrogens is 184 g/mol. The molecule has 1 rings (SSSR count). The van der Waals surface area contributed by atoms with Crippen LogP contribution in [0.5, 0.6) is 0 Å². The number of rotatable bonds is 3. The van der Waals surface area contributed by atoms with E-state index in [0.29, 0.717) is 26.1 Å². The summed E-state index contributed by atoms with van der Waals surface area (Å²) in [7, 11) is 0. The van der Waals surface area contributed by atoms with Gasteiger partial charge in [-0.2, -0.15) is 0 Å². The van der Waals surface area contributed by atoms with E-state index in [-0.39, 0.29) is 18.2 Å². The molecule has 14 heavy (non-hydrogen) atoms. The fraction of sp³-hybridized carbons (Fsp3) is 0.778. The lowest BCUT2D eigenvalue weighted by molar-refractivity contribution is -0.134. The van der Waals surface area contributed by atoms with Gasteiger partial charge in [0.1, 0.15) is 6.42 Å². The van der Waals surface area contributed by atoms with Crippen molar-refractivity contribution in [2.75, 3.05) is 19.6 Å². The zero-order valence-electron chi connectivity index (χ0n) is 8.32. The van der Waals surface area contributed by atoms with Crippen molar-refractivity contribution in [2.45, 2.75) is 25.9 Å². The van der Waals surface area contributed by atoms with Gasteiger partial charge in [0.05, 0.1) is 6.10 Å². The number of hydrogen-bond acceptors (Lipinski definition) is 3. The van der Waals surface area contributed by atoms with E-state index >= 15 is 0 Å². The molecule has 0 radical (unpaired) electrons. The Bertz CT molecular complexity index is 228. The quantitative estimate of drug-likeness (QED) is 0.580. The number of amides is 2. The predicted octanol–water partition coefficient (Wildman–Crippen LogP) is -0.894. The molecule has 80 valence electrons. The number of aliphatic hydroxyl groups excluding tert-OH is 1. The fourth-order valence-corrected chi connectivity index (χ4v) is 1.35. The molecule has 2 N–H and O–H groups in total. The van der Waals surface area contributed by atoms with Crippen LogP contribution in [-0.4, -0.2) is 47.6 Å². The van der Waals surface area contributed by atoms with Crippen LogP contribution in [0.3, 0.4) is 0 Å². The molecule has 0 aromatic rings. The highest BCUT2D eigenvalue weighted by atomic mass is 16.3. The molecule has 0 bridgehead atoms. The summed E-state index contributed by atoms with van der Waals surface area (Å²) in [5.41, 5.74) is 0. The van der Waals surface area contributed by atoms with Crippen molar-refractivity contribution < 1.29 is 14.7 Å². The number of nitrogens with one attached hydrogen (secondary N) is 1. The molecule has 5 nitrogen and oxygen atoms in total. The zero-order chi connectivity index (χ0) is 10.6. The number of carbonyl (C=O) groups excluding carboxylic acids is 2. The Morgan fingerprint density at radius 1 is 1.57 bits per heavy atom. The van der Waals surface area contributed by atoms with Crippen molar-refractivity contribution >= 4 is 11.8 Å². The van der Waals surface area contributed by atoms with Crippen LogP contribution in [0.4, 0.5) is 0 Å². The highest BCUT2D eigenvalue weighted by Crippen LogP contribution is 2.01. The second-order valence-corrected chi connectivity index (χ2v) is 3.55. The maximum absolute atomic E-state index is 11.4. The SMILES string of the molecule is CC(O)CCN1CCNC(=O)CC1=O. The molecule has 0 saturated carbocycles. The summed E-state index contributed by atoms with van der Waals surface area (Å²) in [4.78, 5) is 24.0. The topological polar surface area (TPSA) is 69.6 Å². The standard InChI is InChI=1S/C9H16N2O3/c1-7(12)2-4-11-5-3-10-8(13)6-9(11)14/h7,12H,2-6H2,1H3,(H,10,13). The third-order valence-corrected chi connectivity index (χ3v) is 2.19. The minimum atomic E-state index is -0.408. The van der Waals surface area contributed by atoms with Crippen LogP contribution in [-0.2, 0) is 9.59 Å². The summed E-state index contributed by atoms with van der Waals surface area (Å²) in [6.07, 6.45) is 0.0782. The van der Waals surface area contributed by atoms with Gasteiger partial charge in [0.2, 0.25) is 11.8 Å². The fourth-order valence-electron chi connectivity index (χ4n) is 1.35. The van der Waals surface area contributed by atoms with Crippen LogP contribution in [0, 0.1) is 0 Å². The molecule has 1 heterocycles. The van der Waals surface area contributed by atoms with Gasteiger partial charge in [-0.25, -0.2) is 0 Å². The van der Waals surface area contributed by atoms with E-state index in [2.05, 4.69) is 5.32 Å². The average Bonchev–Trinajstić information content (AvgIpc) is 2.23.